The number of alkyl carbamates (subject to hydrolysis) is 2. The zero-order chi connectivity index (χ0) is 31.6. The Bertz CT molecular complexity index is 923. The number of nitrogens with one attached hydrogen (secondary N) is 2. The monoisotopic (exact) mass is 586 g/mol. The molecule has 232 valence electrons. The van der Waals surface area contributed by atoms with E-state index >= 15 is 0 Å². The fourth-order valence-corrected chi connectivity index (χ4v) is 2.77. The highest BCUT2D eigenvalue weighted by atomic mass is 16.6. The van der Waals surface area contributed by atoms with E-state index in [4.69, 9.17) is 23.7 Å². The summed E-state index contributed by atoms with van der Waals surface area (Å²) < 4.78 is 30.2. The van der Waals surface area contributed by atoms with Crippen LogP contribution < -0.4 is 10.6 Å². The smallest absolute Gasteiger partial charge is 0.407 e. The minimum absolute atomic E-state index is 0.00814. The van der Waals surface area contributed by atoms with Gasteiger partial charge in [-0.3, -0.25) is 9.59 Å². The molecule has 0 saturated heterocycles. The van der Waals surface area contributed by atoms with Crippen molar-refractivity contribution in [3.8, 4) is 0 Å². The lowest BCUT2D eigenvalue weighted by Gasteiger charge is -2.29. The topological polar surface area (TPSA) is 182 Å². The van der Waals surface area contributed by atoms with Crippen LogP contribution in [0.2, 0.25) is 0 Å². The third-order valence-corrected chi connectivity index (χ3v) is 5.06. The number of esters is 4. The van der Waals surface area contributed by atoms with Gasteiger partial charge in [0.2, 0.25) is 0 Å². The standard InChI is InChI=1S/C27H42N2O12/c1-18(2)22(32)37-11-9-28-24(34)40-16-27(7,15-39-21(31)14-26(5,6)13-20(30)36-8)17-41-25(35)29-10-12-38-23(33)19(3)4/h1,3,9-17H2,2,4-8H3,(H,28,34)(H,29,35). The van der Waals surface area contributed by atoms with Crippen molar-refractivity contribution in [3.05, 3.63) is 24.3 Å². The zero-order valence-corrected chi connectivity index (χ0v) is 24.7. The van der Waals surface area contributed by atoms with Gasteiger partial charge < -0.3 is 39.1 Å². The second-order valence-electron chi connectivity index (χ2n) is 10.4. The predicted molar refractivity (Wildman–Crippen MR) is 144 cm³/mol. The summed E-state index contributed by atoms with van der Waals surface area (Å²) in [7, 11) is 1.25. The fraction of sp³-hybridized carbons (Fsp3) is 0.630. The first kappa shape index (κ1) is 36.9. The number of hydrogen-bond donors (Lipinski definition) is 2. The highest BCUT2D eigenvalue weighted by molar-refractivity contribution is 5.87. The first-order chi connectivity index (χ1) is 19.0. The van der Waals surface area contributed by atoms with Crippen molar-refractivity contribution in [2.45, 2.75) is 47.5 Å². The summed E-state index contributed by atoms with van der Waals surface area (Å²) in [6.45, 7) is 13.6. The van der Waals surface area contributed by atoms with Crippen LogP contribution in [0, 0.1) is 10.8 Å². The molecule has 0 aromatic heterocycles. The first-order valence-electron chi connectivity index (χ1n) is 12.7. The summed E-state index contributed by atoms with van der Waals surface area (Å²) in [5.74, 6) is -2.31. The first-order valence-corrected chi connectivity index (χ1v) is 12.7. The number of amides is 2. The molecule has 0 heterocycles. The Morgan fingerprint density at radius 3 is 1.41 bits per heavy atom. The molecule has 2 N–H and O–H groups in total. The highest BCUT2D eigenvalue weighted by Gasteiger charge is 2.33. The molecular weight excluding hydrogens is 544 g/mol. The van der Waals surface area contributed by atoms with Crippen LogP contribution in [-0.2, 0) is 47.6 Å². The van der Waals surface area contributed by atoms with Gasteiger partial charge in [0.25, 0.3) is 0 Å². The Kier molecular flexibility index (Phi) is 16.5. The Morgan fingerprint density at radius 2 is 1.02 bits per heavy atom. The van der Waals surface area contributed by atoms with Crippen LogP contribution in [0.3, 0.4) is 0 Å². The van der Waals surface area contributed by atoms with Crippen molar-refractivity contribution in [1.29, 1.82) is 0 Å². The predicted octanol–water partition coefficient (Wildman–Crippen LogP) is 2.21. The quantitative estimate of drug-likeness (QED) is 0.104. The maximum atomic E-state index is 12.5. The number of hydrogen-bond acceptors (Lipinski definition) is 12. The summed E-state index contributed by atoms with van der Waals surface area (Å²) >= 11 is 0. The highest BCUT2D eigenvalue weighted by Crippen LogP contribution is 2.27. The van der Waals surface area contributed by atoms with Gasteiger partial charge in [-0.05, 0) is 26.2 Å². The summed E-state index contributed by atoms with van der Waals surface area (Å²) in [6.07, 6.45) is -1.81. The summed E-state index contributed by atoms with van der Waals surface area (Å²) in [6, 6.07) is 0. The van der Waals surface area contributed by atoms with E-state index in [0.29, 0.717) is 0 Å². The molecule has 14 heteroatoms. The maximum Gasteiger partial charge on any atom is 0.407 e. The second kappa shape index (κ2) is 18.3. The lowest BCUT2D eigenvalue weighted by molar-refractivity contribution is -0.153. The van der Waals surface area contributed by atoms with Gasteiger partial charge >= 0.3 is 36.1 Å². The van der Waals surface area contributed by atoms with Crippen LogP contribution in [0.25, 0.3) is 0 Å². The van der Waals surface area contributed by atoms with Crippen LogP contribution in [0.5, 0.6) is 0 Å². The molecule has 14 nitrogen and oxygen atoms in total. The zero-order valence-electron chi connectivity index (χ0n) is 24.7. The van der Waals surface area contributed by atoms with Gasteiger partial charge in [0.1, 0.15) is 33.0 Å². The van der Waals surface area contributed by atoms with Gasteiger partial charge in [-0.15, -0.1) is 0 Å². The van der Waals surface area contributed by atoms with Crippen molar-refractivity contribution < 1.29 is 57.2 Å². The fourth-order valence-electron chi connectivity index (χ4n) is 2.77. The molecule has 41 heavy (non-hydrogen) atoms. The molecule has 0 radical (unpaired) electrons. The largest absolute Gasteiger partial charge is 0.469 e. The third kappa shape index (κ3) is 18.0. The molecule has 0 aliphatic rings. The van der Waals surface area contributed by atoms with Crippen LogP contribution in [0.4, 0.5) is 9.59 Å². The Morgan fingerprint density at radius 1 is 0.634 bits per heavy atom. The Hall–Kier alpha value is -4.10. The molecule has 0 bridgehead atoms. The maximum absolute atomic E-state index is 12.5. The van der Waals surface area contributed by atoms with Gasteiger partial charge in [-0.2, -0.15) is 0 Å². The number of ether oxygens (including phenoxy) is 6. The SMILES string of the molecule is C=C(C)C(=O)OCCNC(=O)OCC(C)(COC(=O)CC(C)(C)CC(=O)OC)COC(=O)NCCOC(=O)C(=C)C. The summed E-state index contributed by atoms with van der Waals surface area (Å²) in [5, 5.41) is 4.80. The number of carbonyl (C=O) groups is 6. The van der Waals surface area contributed by atoms with Crippen LogP contribution in [-0.4, -0.2) is 89.3 Å². The molecule has 0 spiro atoms. The van der Waals surface area contributed by atoms with Gasteiger partial charge in [0.15, 0.2) is 0 Å². The molecule has 0 fully saturated rings. The number of carbonyl (C=O) groups excluding carboxylic acids is 6. The molecule has 0 aromatic rings. The average molecular weight is 587 g/mol. The van der Waals surface area contributed by atoms with E-state index in [9.17, 15) is 28.8 Å². The molecule has 2 amide bonds. The lowest BCUT2D eigenvalue weighted by atomic mass is 9.86. The molecule has 0 aliphatic heterocycles. The average Bonchev–Trinajstić information content (AvgIpc) is 2.89. The Balaban J connectivity index is 5.02. The van der Waals surface area contributed by atoms with E-state index in [1.165, 1.54) is 21.0 Å². The Labute approximate surface area is 240 Å². The van der Waals surface area contributed by atoms with E-state index in [-0.39, 0.29) is 70.1 Å². The number of rotatable bonds is 18. The van der Waals surface area contributed by atoms with E-state index in [0.717, 1.165) is 0 Å². The van der Waals surface area contributed by atoms with E-state index in [2.05, 4.69) is 28.5 Å². The molecule has 0 aliphatic carbocycles. The van der Waals surface area contributed by atoms with Crippen molar-refractivity contribution in [1.82, 2.24) is 10.6 Å². The second-order valence-corrected chi connectivity index (χ2v) is 10.4. The normalized spacial score (nSPS) is 10.9. The third-order valence-electron chi connectivity index (χ3n) is 5.06. The van der Waals surface area contributed by atoms with E-state index < -0.39 is 46.9 Å². The minimum Gasteiger partial charge on any atom is -0.469 e. The van der Waals surface area contributed by atoms with Crippen LogP contribution >= 0.6 is 0 Å². The molecule has 0 atom stereocenters. The van der Waals surface area contributed by atoms with Gasteiger partial charge in [-0.25, -0.2) is 19.2 Å². The van der Waals surface area contributed by atoms with Gasteiger partial charge in [0, 0.05) is 11.1 Å². The van der Waals surface area contributed by atoms with Crippen molar-refractivity contribution >= 4 is 36.1 Å². The van der Waals surface area contributed by atoms with E-state index in [1.807, 2.05) is 0 Å². The van der Waals surface area contributed by atoms with Gasteiger partial charge in [0.05, 0.1) is 38.5 Å². The van der Waals surface area contributed by atoms with Crippen molar-refractivity contribution in [2.75, 3.05) is 53.2 Å². The molecular formula is C27H42N2O12. The minimum atomic E-state index is -1.17. The van der Waals surface area contributed by atoms with Crippen molar-refractivity contribution in [2.24, 2.45) is 10.8 Å². The van der Waals surface area contributed by atoms with E-state index in [1.54, 1.807) is 20.8 Å². The molecule has 0 saturated carbocycles. The van der Waals surface area contributed by atoms with Crippen LogP contribution in [0.1, 0.15) is 47.5 Å². The summed E-state index contributed by atoms with van der Waals surface area (Å²) in [4.78, 5) is 71.1. The molecule has 0 aromatic carbocycles. The summed E-state index contributed by atoms with van der Waals surface area (Å²) in [5.41, 5.74) is -1.49. The van der Waals surface area contributed by atoms with Gasteiger partial charge in [-0.1, -0.05) is 27.0 Å². The van der Waals surface area contributed by atoms with Crippen LogP contribution in [0.15, 0.2) is 24.3 Å². The molecule has 0 rings (SSSR count). The van der Waals surface area contributed by atoms with Crippen molar-refractivity contribution in [3.63, 3.8) is 0 Å². The lowest BCUT2D eigenvalue weighted by Crippen LogP contribution is -2.40. The number of methoxy groups -OCH3 is 1. The molecule has 0 unspecified atom stereocenters.